The summed E-state index contributed by atoms with van der Waals surface area (Å²) in [5, 5.41) is 20.3. The number of hydrogen-bond acceptors (Lipinski definition) is 9. The number of amides is 1. The predicted octanol–water partition coefficient (Wildman–Crippen LogP) is 7.03. The lowest BCUT2D eigenvalue weighted by molar-refractivity contribution is -0.132. The number of ketones is 1. The number of aliphatic hydroxyl groups excluding tert-OH is 1. The quantitative estimate of drug-likeness (QED) is 0.0607. The van der Waals surface area contributed by atoms with Crippen LogP contribution in [0.4, 0.5) is 5.13 Å². The first-order chi connectivity index (χ1) is 20.5. The van der Waals surface area contributed by atoms with E-state index in [1.54, 1.807) is 30.3 Å². The molecule has 1 fully saturated rings. The van der Waals surface area contributed by atoms with Crippen molar-refractivity contribution in [3.05, 3.63) is 101 Å². The summed E-state index contributed by atoms with van der Waals surface area (Å²) in [7, 11) is 0. The minimum atomic E-state index is -0.925. The van der Waals surface area contributed by atoms with Crippen LogP contribution >= 0.6 is 23.1 Å². The maximum atomic E-state index is 13.6. The Morgan fingerprint density at radius 1 is 0.905 bits per heavy atom. The summed E-state index contributed by atoms with van der Waals surface area (Å²) in [4.78, 5) is 28.5. The van der Waals surface area contributed by atoms with Crippen molar-refractivity contribution in [3.63, 3.8) is 0 Å². The van der Waals surface area contributed by atoms with Crippen LogP contribution in [0, 0.1) is 0 Å². The number of hydrogen-bond donors (Lipinski definition) is 1. The summed E-state index contributed by atoms with van der Waals surface area (Å²) >= 11 is 2.74. The lowest BCUT2D eigenvalue weighted by atomic mass is 9.95. The highest BCUT2D eigenvalue weighted by atomic mass is 32.2. The van der Waals surface area contributed by atoms with Gasteiger partial charge in [-0.25, -0.2) is 0 Å². The fraction of sp³-hybridized carbons (Fsp3) is 0.250. The van der Waals surface area contributed by atoms with Gasteiger partial charge in [0.2, 0.25) is 5.13 Å². The molecule has 1 aliphatic rings. The Balaban J connectivity index is 1.53. The molecule has 5 rings (SSSR count). The van der Waals surface area contributed by atoms with Crippen molar-refractivity contribution in [2.45, 2.75) is 42.8 Å². The van der Waals surface area contributed by atoms with Crippen molar-refractivity contribution >= 4 is 45.7 Å². The fourth-order valence-corrected chi connectivity index (χ4v) is 6.32. The third kappa shape index (κ3) is 6.50. The number of anilines is 1. The van der Waals surface area contributed by atoms with E-state index in [1.165, 1.54) is 28.0 Å². The molecule has 1 N–H and O–H groups in total. The highest BCUT2D eigenvalue weighted by molar-refractivity contribution is 8.00. The molecule has 1 unspecified atom stereocenters. The molecule has 0 bridgehead atoms. The van der Waals surface area contributed by atoms with Crippen molar-refractivity contribution < 1.29 is 24.2 Å². The van der Waals surface area contributed by atoms with Gasteiger partial charge >= 0.3 is 5.91 Å². The molecule has 1 atom stereocenters. The number of carbonyl (C=O) groups excluding carboxylic acids is 2. The Kier molecular flexibility index (Phi) is 9.55. The van der Waals surface area contributed by atoms with Gasteiger partial charge in [-0.05, 0) is 60.4 Å². The van der Waals surface area contributed by atoms with Crippen LogP contribution in [-0.2, 0) is 15.3 Å². The van der Waals surface area contributed by atoms with Gasteiger partial charge in [-0.2, -0.15) is 0 Å². The number of ether oxygens (including phenoxy) is 2. The maximum Gasteiger partial charge on any atom is 0.301 e. The van der Waals surface area contributed by atoms with E-state index in [4.69, 9.17) is 9.47 Å². The molecule has 10 heteroatoms. The lowest BCUT2D eigenvalue weighted by Crippen LogP contribution is -2.29. The molecule has 1 aromatic heterocycles. The van der Waals surface area contributed by atoms with E-state index < -0.39 is 17.7 Å². The highest BCUT2D eigenvalue weighted by Gasteiger charge is 2.48. The molecule has 1 amide bonds. The zero-order valence-electron chi connectivity index (χ0n) is 23.4. The van der Waals surface area contributed by atoms with Gasteiger partial charge in [0.25, 0.3) is 5.78 Å². The average molecular weight is 602 g/mol. The molecule has 0 spiro atoms. The van der Waals surface area contributed by atoms with E-state index in [0.29, 0.717) is 45.9 Å². The van der Waals surface area contributed by atoms with Crippen molar-refractivity contribution in [2.24, 2.45) is 0 Å². The minimum absolute atomic E-state index is 0.0245. The zero-order chi connectivity index (χ0) is 29.5. The lowest BCUT2D eigenvalue weighted by Gasteiger charge is -2.23. The van der Waals surface area contributed by atoms with Gasteiger partial charge in [0.05, 0.1) is 24.8 Å². The number of aromatic nitrogens is 2. The molecule has 0 aliphatic carbocycles. The van der Waals surface area contributed by atoms with Gasteiger partial charge in [0, 0.05) is 11.3 Å². The molecule has 1 saturated heterocycles. The van der Waals surface area contributed by atoms with Crippen molar-refractivity contribution in [1.82, 2.24) is 10.2 Å². The van der Waals surface area contributed by atoms with E-state index in [1.807, 2.05) is 62.4 Å². The summed E-state index contributed by atoms with van der Waals surface area (Å²) in [5.74, 6) is 0.102. The number of rotatable bonds is 12. The summed E-state index contributed by atoms with van der Waals surface area (Å²) in [6.45, 7) is 5.12. The Morgan fingerprint density at radius 3 is 2.33 bits per heavy atom. The molecule has 3 aromatic carbocycles. The van der Waals surface area contributed by atoms with Crippen LogP contribution in [0.15, 0.2) is 88.8 Å². The standard InChI is InChI=1S/C32H31N3O5S2/c1-3-17-39-24-15-13-22(14-16-24)28(36)26-27(23-11-8-12-25(19-23)40-18-4-2)35(30(38)29(26)37)31-33-34-32(42-31)41-20-21-9-6-5-7-10-21/h5-16,19,27,36H,3-4,17-18,20H2,1-2H3. The third-order valence-electron chi connectivity index (χ3n) is 6.50. The maximum absolute atomic E-state index is 13.6. The van der Waals surface area contributed by atoms with Crippen molar-refractivity contribution in [2.75, 3.05) is 18.1 Å². The van der Waals surface area contributed by atoms with Crippen molar-refractivity contribution in [1.29, 1.82) is 0 Å². The first-order valence-corrected chi connectivity index (χ1v) is 15.6. The Morgan fingerprint density at radius 2 is 1.62 bits per heavy atom. The highest BCUT2D eigenvalue weighted by Crippen LogP contribution is 2.44. The molecular weight excluding hydrogens is 571 g/mol. The van der Waals surface area contributed by atoms with Gasteiger partial charge in [0.1, 0.15) is 17.3 Å². The van der Waals surface area contributed by atoms with Gasteiger partial charge in [-0.3, -0.25) is 14.5 Å². The van der Waals surface area contributed by atoms with E-state index in [2.05, 4.69) is 10.2 Å². The topological polar surface area (TPSA) is 102 Å². The number of thioether (sulfide) groups is 1. The second-order valence-electron chi connectivity index (χ2n) is 9.59. The summed E-state index contributed by atoms with van der Waals surface area (Å²) in [6, 6.07) is 23.1. The Hall–Kier alpha value is -4.15. The molecule has 2 heterocycles. The van der Waals surface area contributed by atoms with Crippen LogP contribution in [0.25, 0.3) is 5.76 Å². The van der Waals surface area contributed by atoms with Crippen LogP contribution in [0.1, 0.15) is 49.4 Å². The van der Waals surface area contributed by atoms with Gasteiger partial charge < -0.3 is 14.6 Å². The average Bonchev–Trinajstić information content (AvgIpc) is 3.60. The van der Waals surface area contributed by atoms with Gasteiger partial charge in [0.15, 0.2) is 4.34 Å². The molecule has 1 aliphatic heterocycles. The van der Waals surface area contributed by atoms with Crippen LogP contribution in [0.2, 0.25) is 0 Å². The van der Waals surface area contributed by atoms with E-state index in [0.717, 1.165) is 18.4 Å². The number of Topliss-reactive ketones (excluding diaryl/α,β-unsaturated/α-hetero) is 1. The Bertz CT molecular complexity index is 1570. The smallest absolute Gasteiger partial charge is 0.301 e. The monoisotopic (exact) mass is 601 g/mol. The van der Waals surface area contributed by atoms with E-state index >= 15 is 0 Å². The second kappa shape index (κ2) is 13.7. The SMILES string of the molecule is CCCOc1ccc(C(O)=C2C(=O)C(=O)N(c3nnc(SCc4ccccc4)s3)C2c2cccc(OCCC)c2)cc1. The molecule has 4 aromatic rings. The Labute approximate surface area is 253 Å². The van der Waals surface area contributed by atoms with E-state index in [-0.39, 0.29) is 16.5 Å². The number of benzene rings is 3. The number of aliphatic hydroxyl groups is 1. The number of carbonyl (C=O) groups is 2. The molecule has 0 radical (unpaired) electrons. The zero-order valence-corrected chi connectivity index (χ0v) is 25.0. The molecule has 42 heavy (non-hydrogen) atoms. The van der Waals surface area contributed by atoms with E-state index in [9.17, 15) is 14.7 Å². The third-order valence-corrected chi connectivity index (χ3v) is 8.63. The molecule has 8 nitrogen and oxygen atoms in total. The van der Waals surface area contributed by atoms with Crippen molar-refractivity contribution in [3.8, 4) is 11.5 Å². The van der Waals surface area contributed by atoms with Crippen LogP contribution in [-0.4, -0.2) is 40.2 Å². The first kappa shape index (κ1) is 29.3. The fourth-order valence-electron chi connectivity index (χ4n) is 4.50. The summed E-state index contributed by atoms with van der Waals surface area (Å²) in [5.41, 5.74) is 2.12. The minimum Gasteiger partial charge on any atom is -0.507 e. The normalized spacial score (nSPS) is 16.1. The van der Waals surface area contributed by atoms with Crippen LogP contribution in [0.3, 0.4) is 0 Å². The largest absolute Gasteiger partial charge is 0.507 e. The molecular formula is C32H31N3O5S2. The van der Waals surface area contributed by atoms with Gasteiger partial charge in [-0.1, -0.05) is 79.4 Å². The first-order valence-electron chi connectivity index (χ1n) is 13.8. The molecule has 0 saturated carbocycles. The van der Waals surface area contributed by atoms with Crippen LogP contribution in [0.5, 0.6) is 11.5 Å². The summed E-state index contributed by atoms with van der Waals surface area (Å²) in [6.07, 6.45) is 1.69. The predicted molar refractivity (Wildman–Crippen MR) is 165 cm³/mol. The number of nitrogens with zero attached hydrogens (tertiary/aromatic N) is 3. The van der Waals surface area contributed by atoms with Crippen LogP contribution < -0.4 is 14.4 Å². The summed E-state index contributed by atoms with van der Waals surface area (Å²) < 4.78 is 12.2. The second-order valence-corrected chi connectivity index (χ2v) is 11.8. The molecule has 216 valence electrons. The van der Waals surface area contributed by atoms with Gasteiger partial charge in [-0.15, -0.1) is 10.2 Å².